The van der Waals surface area contributed by atoms with Crippen LogP contribution in [0.1, 0.15) is 28.8 Å². The summed E-state index contributed by atoms with van der Waals surface area (Å²) in [5, 5.41) is 4.15. The predicted octanol–water partition coefficient (Wildman–Crippen LogP) is 3.49. The van der Waals surface area contributed by atoms with Crippen molar-refractivity contribution >= 4 is 27.5 Å². The Labute approximate surface area is 138 Å². The molecule has 1 aliphatic carbocycles. The Morgan fingerprint density at radius 2 is 2.00 bits per heavy atom. The third-order valence-electron chi connectivity index (χ3n) is 4.49. The second-order valence-corrected chi connectivity index (χ2v) is 7.11. The van der Waals surface area contributed by atoms with Gasteiger partial charge in [-0.15, -0.1) is 11.3 Å². The fourth-order valence-electron chi connectivity index (χ4n) is 3.22. The number of benzene rings is 1. The molecule has 0 amide bonds. The van der Waals surface area contributed by atoms with Gasteiger partial charge in [0.15, 0.2) is 0 Å². The molecule has 5 heteroatoms. The minimum atomic E-state index is 0.0740. The molecule has 4 nitrogen and oxygen atoms in total. The highest BCUT2D eigenvalue weighted by Crippen LogP contribution is 2.34. The van der Waals surface area contributed by atoms with Crippen LogP contribution in [-0.4, -0.2) is 9.55 Å². The lowest BCUT2D eigenvalue weighted by atomic mass is 9.97. The molecular weight excluding hydrogens is 306 g/mol. The number of nitrogens with zero attached hydrogens (tertiary/aromatic N) is 2. The molecule has 0 fully saturated rings. The number of hydrogen-bond donors (Lipinski definition) is 1. The Bertz CT molecular complexity index is 911. The monoisotopic (exact) mass is 325 g/mol. The molecule has 0 bridgehead atoms. The average molecular weight is 325 g/mol. The number of hydrogen-bond acceptors (Lipinski definition) is 4. The maximum Gasteiger partial charge on any atom is 0.263 e. The van der Waals surface area contributed by atoms with E-state index in [1.165, 1.54) is 28.8 Å². The van der Waals surface area contributed by atoms with E-state index in [0.717, 1.165) is 23.1 Å². The number of thiophene rings is 1. The Balaban J connectivity index is 1.73. The molecule has 0 aliphatic heterocycles. The lowest BCUT2D eigenvalue weighted by Crippen LogP contribution is -2.22. The van der Waals surface area contributed by atoms with E-state index in [9.17, 15) is 4.79 Å². The average Bonchev–Trinajstić information content (AvgIpc) is 2.96. The van der Waals surface area contributed by atoms with Crippen LogP contribution in [0.3, 0.4) is 0 Å². The molecule has 4 rings (SSSR count). The molecule has 0 spiro atoms. The maximum atomic E-state index is 12.8. The molecular formula is C18H19N3OS. The van der Waals surface area contributed by atoms with E-state index in [0.29, 0.717) is 12.5 Å². The molecule has 118 valence electrons. The summed E-state index contributed by atoms with van der Waals surface area (Å²) in [5.41, 5.74) is 2.50. The van der Waals surface area contributed by atoms with Gasteiger partial charge in [0.25, 0.3) is 5.56 Å². The van der Waals surface area contributed by atoms with Crippen LogP contribution in [0.15, 0.2) is 35.1 Å². The van der Waals surface area contributed by atoms with Gasteiger partial charge in [-0.2, -0.15) is 0 Å². The van der Waals surface area contributed by atoms with Crippen LogP contribution in [0.2, 0.25) is 0 Å². The summed E-state index contributed by atoms with van der Waals surface area (Å²) in [4.78, 5) is 19.8. The summed E-state index contributed by atoms with van der Waals surface area (Å²) in [5.74, 6) is 0.643. The molecule has 0 saturated carbocycles. The minimum Gasteiger partial charge on any atom is -0.351 e. The Kier molecular flexibility index (Phi) is 3.65. The van der Waals surface area contributed by atoms with Crippen molar-refractivity contribution in [2.24, 2.45) is 7.05 Å². The van der Waals surface area contributed by atoms with Gasteiger partial charge in [-0.3, -0.25) is 9.36 Å². The summed E-state index contributed by atoms with van der Waals surface area (Å²) < 4.78 is 1.65. The standard InChI is InChI=1S/C18H19N3OS/c1-21-17(22)15-13-9-5-6-10-14(13)23-16(15)20-18(21)19-11-12-7-3-2-4-8-12/h2-4,7-8H,5-6,9-11H2,1H3,(H,19,20). The maximum absolute atomic E-state index is 12.8. The van der Waals surface area contributed by atoms with Crippen LogP contribution >= 0.6 is 11.3 Å². The molecule has 0 unspecified atom stereocenters. The molecule has 0 saturated heterocycles. The van der Waals surface area contributed by atoms with Gasteiger partial charge in [0.05, 0.1) is 5.39 Å². The van der Waals surface area contributed by atoms with E-state index in [1.807, 2.05) is 18.2 Å². The third-order valence-corrected chi connectivity index (χ3v) is 5.68. The first-order valence-corrected chi connectivity index (χ1v) is 8.85. The first-order chi connectivity index (χ1) is 11.2. The van der Waals surface area contributed by atoms with Crippen molar-refractivity contribution in [1.82, 2.24) is 9.55 Å². The van der Waals surface area contributed by atoms with Gasteiger partial charge in [0.1, 0.15) is 4.83 Å². The number of aromatic nitrogens is 2. The smallest absolute Gasteiger partial charge is 0.263 e. The molecule has 3 aromatic rings. The van der Waals surface area contributed by atoms with E-state index in [-0.39, 0.29) is 5.56 Å². The van der Waals surface area contributed by atoms with Gasteiger partial charge in [-0.25, -0.2) is 4.98 Å². The van der Waals surface area contributed by atoms with E-state index in [2.05, 4.69) is 17.4 Å². The minimum absolute atomic E-state index is 0.0740. The largest absolute Gasteiger partial charge is 0.351 e. The van der Waals surface area contributed by atoms with Gasteiger partial charge in [0.2, 0.25) is 5.95 Å². The van der Waals surface area contributed by atoms with Crippen molar-refractivity contribution in [1.29, 1.82) is 0 Å². The molecule has 2 aromatic heterocycles. The molecule has 1 aromatic carbocycles. The molecule has 1 N–H and O–H groups in total. The Morgan fingerprint density at radius 1 is 1.22 bits per heavy atom. The summed E-state index contributed by atoms with van der Waals surface area (Å²) in [6.45, 7) is 0.664. The highest BCUT2D eigenvalue weighted by atomic mass is 32.1. The SMILES string of the molecule is Cn1c(NCc2ccccc2)nc2sc3c(c2c1=O)CCCC3. The topological polar surface area (TPSA) is 46.9 Å². The number of nitrogens with one attached hydrogen (secondary N) is 1. The molecule has 0 atom stereocenters. The fourth-order valence-corrected chi connectivity index (χ4v) is 4.47. The highest BCUT2D eigenvalue weighted by Gasteiger charge is 2.20. The van der Waals surface area contributed by atoms with E-state index in [1.54, 1.807) is 23.0 Å². The van der Waals surface area contributed by atoms with Crippen LogP contribution in [0.5, 0.6) is 0 Å². The normalized spacial score (nSPS) is 14.0. The quantitative estimate of drug-likeness (QED) is 0.802. The van der Waals surface area contributed by atoms with Gasteiger partial charge < -0.3 is 5.32 Å². The number of anilines is 1. The summed E-state index contributed by atoms with van der Waals surface area (Å²) in [7, 11) is 1.80. The van der Waals surface area contributed by atoms with Crippen molar-refractivity contribution < 1.29 is 0 Å². The van der Waals surface area contributed by atoms with E-state index < -0.39 is 0 Å². The van der Waals surface area contributed by atoms with Crippen LogP contribution in [0.25, 0.3) is 10.2 Å². The van der Waals surface area contributed by atoms with Crippen molar-refractivity contribution in [2.75, 3.05) is 5.32 Å². The zero-order chi connectivity index (χ0) is 15.8. The van der Waals surface area contributed by atoms with Crippen molar-refractivity contribution in [3.05, 3.63) is 56.7 Å². The highest BCUT2D eigenvalue weighted by molar-refractivity contribution is 7.18. The number of rotatable bonds is 3. The van der Waals surface area contributed by atoms with E-state index >= 15 is 0 Å². The second-order valence-electron chi connectivity index (χ2n) is 6.03. The van der Waals surface area contributed by atoms with Crippen molar-refractivity contribution in [2.45, 2.75) is 32.2 Å². The third kappa shape index (κ3) is 2.55. The second kappa shape index (κ2) is 5.81. The zero-order valence-electron chi connectivity index (χ0n) is 13.1. The predicted molar refractivity (Wildman–Crippen MR) is 95.3 cm³/mol. The fraction of sp³-hybridized carbons (Fsp3) is 0.333. The molecule has 1 aliphatic rings. The summed E-state index contributed by atoms with van der Waals surface area (Å²) in [6.07, 6.45) is 4.50. The van der Waals surface area contributed by atoms with Gasteiger partial charge in [-0.1, -0.05) is 30.3 Å². The van der Waals surface area contributed by atoms with Crippen LogP contribution in [-0.2, 0) is 26.4 Å². The Morgan fingerprint density at radius 3 is 2.83 bits per heavy atom. The van der Waals surface area contributed by atoms with Gasteiger partial charge in [0, 0.05) is 18.5 Å². The van der Waals surface area contributed by atoms with Crippen molar-refractivity contribution in [3.63, 3.8) is 0 Å². The lowest BCUT2D eigenvalue weighted by molar-refractivity contribution is 0.699. The van der Waals surface area contributed by atoms with Crippen LogP contribution < -0.4 is 10.9 Å². The van der Waals surface area contributed by atoms with Gasteiger partial charge >= 0.3 is 0 Å². The number of fused-ring (bicyclic) bond motifs is 3. The molecule has 0 radical (unpaired) electrons. The van der Waals surface area contributed by atoms with Crippen LogP contribution in [0, 0.1) is 0 Å². The zero-order valence-corrected chi connectivity index (χ0v) is 13.9. The summed E-state index contributed by atoms with van der Waals surface area (Å²) in [6, 6.07) is 10.2. The summed E-state index contributed by atoms with van der Waals surface area (Å²) >= 11 is 1.69. The van der Waals surface area contributed by atoms with Crippen molar-refractivity contribution in [3.8, 4) is 0 Å². The van der Waals surface area contributed by atoms with E-state index in [4.69, 9.17) is 4.98 Å². The van der Waals surface area contributed by atoms with Crippen LogP contribution in [0.4, 0.5) is 5.95 Å². The molecule has 23 heavy (non-hydrogen) atoms. The lowest BCUT2D eigenvalue weighted by Gasteiger charge is -2.12. The number of aryl methyl sites for hydroxylation is 2. The first-order valence-electron chi connectivity index (χ1n) is 8.03. The van der Waals surface area contributed by atoms with Gasteiger partial charge in [-0.05, 0) is 36.8 Å². The first kappa shape index (κ1) is 14.5. The Hall–Kier alpha value is -2.14. The molecule has 2 heterocycles.